The number of nitriles is 1. The summed E-state index contributed by atoms with van der Waals surface area (Å²) in [6.45, 7) is 3.68. The van der Waals surface area contributed by atoms with Crippen molar-refractivity contribution in [2.24, 2.45) is 0 Å². The molecule has 19 heavy (non-hydrogen) atoms. The van der Waals surface area contributed by atoms with E-state index in [-0.39, 0.29) is 5.91 Å². The monoisotopic (exact) mass is 251 g/mol. The Balaban J connectivity index is 2.23. The Morgan fingerprint density at radius 1 is 1.26 bits per heavy atom. The van der Waals surface area contributed by atoms with Gasteiger partial charge in [-0.05, 0) is 44.2 Å². The number of carbonyl (C=O) groups is 1. The SMILES string of the molecule is Cc1ccc(C(=O)Nc2cccc(C#N)c2)c(C)n1. The molecule has 0 aliphatic rings. The van der Waals surface area contributed by atoms with Gasteiger partial charge in [-0.3, -0.25) is 9.78 Å². The van der Waals surface area contributed by atoms with Crippen LogP contribution in [0.15, 0.2) is 36.4 Å². The third-order valence-electron chi connectivity index (χ3n) is 2.72. The lowest BCUT2D eigenvalue weighted by atomic mass is 10.1. The third kappa shape index (κ3) is 2.96. The van der Waals surface area contributed by atoms with Gasteiger partial charge >= 0.3 is 0 Å². The van der Waals surface area contributed by atoms with Gasteiger partial charge < -0.3 is 5.32 Å². The van der Waals surface area contributed by atoms with Crippen molar-refractivity contribution >= 4 is 11.6 Å². The third-order valence-corrected chi connectivity index (χ3v) is 2.72. The van der Waals surface area contributed by atoms with E-state index in [1.807, 2.05) is 13.0 Å². The van der Waals surface area contributed by atoms with Crippen LogP contribution in [0.2, 0.25) is 0 Å². The Morgan fingerprint density at radius 3 is 2.74 bits per heavy atom. The topological polar surface area (TPSA) is 65.8 Å². The van der Waals surface area contributed by atoms with Crippen molar-refractivity contribution in [3.05, 3.63) is 58.9 Å². The van der Waals surface area contributed by atoms with Crippen molar-refractivity contribution in [2.75, 3.05) is 5.32 Å². The number of hydrogen-bond donors (Lipinski definition) is 1. The molecule has 0 saturated carbocycles. The van der Waals surface area contributed by atoms with Crippen LogP contribution in [0.4, 0.5) is 5.69 Å². The van der Waals surface area contributed by atoms with Gasteiger partial charge in [0.1, 0.15) is 0 Å². The van der Waals surface area contributed by atoms with E-state index >= 15 is 0 Å². The quantitative estimate of drug-likeness (QED) is 0.892. The average molecular weight is 251 g/mol. The van der Waals surface area contributed by atoms with Crippen molar-refractivity contribution in [3.8, 4) is 6.07 Å². The molecule has 0 radical (unpaired) electrons. The van der Waals surface area contributed by atoms with E-state index in [9.17, 15) is 4.79 Å². The van der Waals surface area contributed by atoms with Crippen molar-refractivity contribution in [3.63, 3.8) is 0 Å². The smallest absolute Gasteiger partial charge is 0.257 e. The number of carbonyl (C=O) groups excluding carboxylic acids is 1. The highest BCUT2D eigenvalue weighted by Crippen LogP contribution is 2.13. The van der Waals surface area contributed by atoms with Crippen LogP contribution in [-0.4, -0.2) is 10.9 Å². The molecule has 1 amide bonds. The lowest BCUT2D eigenvalue weighted by Crippen LogP contribution is -2.14. The fraction of sp³-hybridized carbons (Fsp3) is 0.133. The molecule has 4 heteroatoms. The van der Waals surface area contributed by atoms with Crippen LogP contribution in [0.25, 0.3) is 0 Å². The van der Waals surface area contributed by atoms with Gasteiger partial charge in [0.25, 0.3) is 5.91 Å². The summed E-state index contributed by atoms with van der Waals surface area (Å²) >= 11 is 0. The second kappa shape index (κ2) is 5.32. The van der Waals surface area contributed by atoms with Crippen molar-refractivity contribution in [1.29, 1.82) is 5.26 Å². The zero-order valence-corrected chi connectivity index (χ0v) is 10.8. The normalized spacial score (nSPS) is 9.74. The first-order valence-electron chi connectivity index (χ1n) is 5.86. The molecule has 1 heterocycles. The Bertz CT molecular complexity index is 671. The van der Waals surface area contributed by atoms with Crippen molar-refractivity contribution < 1.29 is 4.79 Å². The van der Waals surface area contributed by atoms with Crippen molar-refractivity contribution in [2.45, 2.75) is 13.8 Å². The Morgan fingerprint density at radius 2 is 2.05 bits per heavy atom. The van der Waals surface area contributed by atoms with Gasteiger partial charge in [0, 0.05) is 11.4 Å². The minimum absolute atomic E-state index is 0.222. The van der Waals surface area contributed by atoms with Gasteiger partial charge in [0.2, 0.25) is 0 Å². The summed E-state index contributed by atoms with van der Waals surface area (Å²) in [5.74, 6) is -0.222. The fourth-order valence-electron chi connectivity index (χ4n) is 1.79. The molecule has 0 fully saturated rings. The Hall–Kier alpha value is -2.67. The molecule has 1 aromatic carbocycles. The second-order valence-corrected chi connectivity index (χ2v) is 4.23. The molecule has 1 aromatic heterocycles. The minimum Gasteiger partial charge on any atom is -0.322 e. The van der Waals surface area contributed by atoms with Crippen molar-refractivity contribution in [1.82, 2.24) is 4.98 Å². The highest BCUT2D eigenvalue weighted by atomic mass is 16.1. The van der Waals surface area contributed by atoms with Crippen LogP contribution in [-0.2, 0) is 0 Å². The molecular weight excluding hydrogens is 238 g/mol. The number of amides is 1. The number of rotatable bonds is 2. The van der Waals surface area contributed by atoms with Gasteiger partial charge in [0.15, 0.2) is 0 Å². The van der Waals surface area contributed by atoms with E-state index < -0.39 is 0 Å². The van der Waals surface area contributed by atoms with Gasteiger partial charge in [-0.1, -0.05) is 6.07 Å². The summed E-state index contributed by atoms with van der Waals surface area (Å²) in [5.41, 5.74) is 3.21. The number of aryl methyl sites for hydroxylation is 2. The van der Waals surface area contributed by atoms with Crippen LogP contribution in [0, 0.1) is 25.2 Å². The molecule has 2 rings (SSSR count). The first-order chi connectivity index (χ1) is 9.10. The first-order valence-corrected chi connectivity index (χ1v) is 5.86. The van der Waals surface area contributed by atoms with Gasteiger partial charge in [-0.25, -0.2) is 0 Å². The summed E-state index contributed by atoms with van der Waals surface area (Å²) in [4.78, 5) is 16.4. The second-order valence-electron chi connectivity index (χ2n) is 4.23. The van der Waals surface area contributed by atoms with E-state index in [0.717, 1.165) is 5.69 Å². The van der Waals surface area contributed by atoms with Gasteiger partial charge in [-0.15, -0.1) is 0 Å². The zero-order chi connectivity index (χ0) is 13.8. The first kappa shape index (κ1) is 12.8. The summed E-state index contributed by atoms with van der Waals surface area (Å²) in [6, 6.07) is 12.4. The average Bonchev–Trinajstić information content (AvgIpc) is 2.38. The summed E-state index contributed by atoms with van der Waals surface area (Å²) in [6.07, 6.45) is 0. The number of aromatic nitrogens is 1. The summed E-state index contributed by atoms with van der Waals surface area (Å²) < 4.78 is 0. The molecule has 0 saturated heterocycles. The van der Waals surface area contributed by atoms with E-state index in [4.69, 9.17) is 5.26 Å². The van der Waals surface area contributed by atoms with Gasteiger partial charge in [-0.2, -0.15) is 5.26 Å². The molecule has 1 N–H and O–H groups in total. The van der Waals surface area contributed by atoms with E-state index in [1.54, 1.807) is 43.3 Å². The van der Waals surface area contributed by atoms with E-state index in [2.05, 4.69) is 10.3 Å². The summed E-state index contributed by atoms with van der Waals surface area (Å²) in [5, 5.41) is 11.6. The molecule has 0 spiro atoms. The number of benzene rings is 1. The van der Waals surface area contributed by atoms with Crippen LogP contribution < -0.4 is 5.32 Å². The minimum atomic E-state index is -0.222. The fourth-order valence-corrected chi connectivity index (χ4v) is 1.79. The number of anilines is 1. The molecular formula is C15H13N3O. The Kier molecular flexibility index (Phi) is 3.58. The molecule has 0 aliphatic heterocycles. The van der Waals surface area contributed by atoms with Crippen LogP contribution in [0.1, 0.15) is 27.3 Å². The maximum Gasteiger partial charge on any atom is 0.257 e. The predicted molar refractivity (Wildman–Crippen MR) is 72.8 cm³/mol. The van der Waals surface area contributed by atoms with Crippen LogP contribution in [0.3, 0.4) is 0 Å². The predicted octanol–water partition coefficient (Wildman–Crippen LogP) is 2.82. The number of nitrogens with one attached hydrogen (secondary N) is 1. The molecule has 0 bridgehead atoms. The lowest BCUT2D eigenvalue weighted by molar-refractivity contribution is 0.102. The zero-order valence-electron chi connectivity index (χ0n) is 10.8. The highest BCUT2D eigenvalue weighted by molar-refractivity contribution is 6.05. The van der Waals surface area contributed by atoms with E-state index in [1.165, 1.54) is 0 Å². The standard InChI is InChI=1S/C15H13N3O/c1-10-6-7-14(11(2)17-10)15(19)18-13-5-3-4-12(8-13)9-16/h3-8H,1-2H3,(H,18,19). The maximum absolute atomic E-state index is 12.1. The Labute approximate surface area is 111 Å². The van der Waals surface area contributed by atoms with Gasteiger partial charge in [0.05, 0.1) is 22.9 Å². The van der Waals surface area contributed by atoms with Crippen LogP contribution >= 0.6 is 0 Å². The van der Waals surface area contributed by atoms with E-state index in [0.29, 0.717) is 22.5 Å². The number of nitrogens with zero attached hydrogens (tertiary/aromatic N) is 2. The van der Waals surface area contributed by atoms with Crippen LogP contribution in [0.5, 0.6) is 0 Å². The molecule has 0 aliphatic carbocycles. The lowest BCUT2D eigenvalue weighted by Gasteiger charge is -2.08. The molecule has 0 atom stereocenters. The number of hydrogen-bond acceptors (Lipinski definition) is 3. The number of pyridine rings is 1. The highest BCUT2D eigenvalue weighted by Gasteiger charge is 2.10. The molecule has 4 nitrogen and oxygen atoms in total. The molecule has 0 unspecified atom stereocenters. The largest absolute Gasteiger partial charge is 0.322 e. The molecule has 2 aromatic rings. The maximum atomic E-state index is 12.1. The summed E-state index contributed by atoms with van der Waals surface area (Å²) in [7, 11) is 0. The molecule has 94 valence electrons.